The molecule has 0 radical (unpaired) electrons. The van der Waals surface area contributed by atoms with Crippen LogP contribution in [0.25, 0.3) is 0 Å². The second-order valence-corrected chi connectivity index (χ2v) is 7.98. The average Bonchev–Trinajstić information content (AvgIpc) is 3.39. The first-order valence-electron chi connectivity index (χ1n) is 9.63. The molecule has 0 saturated carbocycles. The summed E-state index contributed by atoms with van der Waals surface area (Å²) >= 11 is 1.69. The van der Waals surface area contributed by atoms with E-state index in [0.717, 1.165) is 30.5 Å². The summed E-state index contributed by atoms with van der Waals surface area (Å²) in [5, 5.41) is 26.3. The number of thioether (sulfide) groups is 1. The molecule has 11 heteroatoms. The van der Waals surface area contributed by atoms with E-state index in [1.165, 1.54) is 30.3 Å². The number of benzene rings is 1. The van der Waals surface area contributed by atoms with E-state index in [1.807, 2.05) is 0 Å². The van der Waals surface area contributed by atoms with Gasteiger partial charge in [-0.2, -0.15) is 20.5 Å². The number of alkyl halides is 2. The summed E-state index contributed by atoms with van der Waals surface area (Å²) in [4.78, 5) is 13.7. The molecule has 2 aromatic rings. The van der Waals surface area contributed by atoms with Crippen molar-refractivity contribution in [2.45, 2.75) is 36.7 Å². The number of carbonyl (C=O) groups is 1. The van der Waals surface area contributed by atoms with Gasteiger partial charge in [-0.1, -0.05) is 42.5 Å². The Hall–Kier alpha value is -2.53. The van der Waals surface area contributed by atoms with E-state index in [-0.39, 0.29) is 17.6 Å². The fraction of sp³-hybridized carbons (Fsp3) is 0.474. The molecule has 0 bridgehead atoms. The summed E-state index contributed by atoms with van der Waals surface area (Å²) in [6.07, 6.45) is 2.25. The van der Waals surface area contributed by atoms with Gasteiger partial charge in [-0.25, -0.2) is 9.89 Å². The quantitative estimate of drug-likeness (QED) is 0.367. The molecule has 0 spiro atoms. The van der Waals surface area contributed by atoms with Crippen LogP contribution in [0, 0.1) is 0 Å². The largest absolute Gasteiger partial charge is 0.382 e. The molecule has 1 aliphatic heterocycles. The lowest BCUT2D eigenvalue weighted by atomic mass is 10.0. The second kappa shape index (κ2) is 10.5. The van der Waals surface area contributed by atoms with E-state index in [2.05, 4.69) is 25.9 Å². The Morgan fingerprint density at radius 3 is 2.87 bits per heavy atom. The number of urea groups is 1. The molecule has 2 atom stereocenters. The number of nitrogens with one attached hydrogen (secondary N) is 2. The van der Waals surface area contributed by atoms with Gasteiger partial charge >= 0.3 is 12.0 Å². The molecular formula is C19H24F2N6O2S. The Kier molecular flexibility index (Phi) is 7.75. The number of aliphatic hydroxyl groups excluding tert-OH is 1. The zero-order valence-electron chi connectivity index (χ0n) is 16.2. The van der Waals surface area contributed by atoms with E-state index in [4.69, 9.17) is 0 Å². The monoisotopic (exact) mass is 438 g/mol. The maximum absolute atomic E-state index is 14.4. The molecule has 1 saturated heterocycles. The summed E-state index contributed by atoms with van der Waals surface area (Å²) in [5.74, 6) is -1.11. The van der Waals surface area contributed by atoms with Crippen LogP contribution in [0.1, 0.15) is 24.2 Å². The highest BCUT2D eigenvalue weighted by atomic mass is 32.2. The van der Waals surface area contributed by atoms with Crippen molar-refractivity contribution in [3.63, 3.8) is 0 Å². The number of aromatic amines is 1. The van der Waals surface area contributed by atoms with Gasteiger partial charge in [0, 0.05) is 18.7 Å². The summed E-state index contributed by atoms with van der Waals surface area (Å²) in [5.41, 5.74) is -0.252. The molecule has 30 heavy (non-hydrogen) atoms. The number of hydrogen-bond donors (Lipinski definition) is 3. The standard InChI is InChI=1S/C19H24F2N6O2S/c20-19(21,14-6-2-1-3-7-14)16(28)9-8-15-12-22-18(29)27(15)10-4-5-11-30-13-17-23-25-26-24-17/h1-3,6-9,15-16,28H,4-5,10-13H2,(H,22,29)(H,23,24,25,26)/b9-8+/t15-,16?/m0/s1. The van der Waals surface area contributed by atoms with Crippen molar-refractivity contribution in [3.8, 4) is 0 Å². The van der Waals surface area contributed by atoms with Crippen molar-refractivity contribution in [2.24, 2.45) is 0 Å². The molecule has 1 unspecified atom stereocenters. The molecule has 1 aliphatic rings. The predicted molar refractivity (Wildman–Crippen MR) is 109 cm³/mol. The van der Waals surface area contributed by atoms with Crippen LogP contribution in [0.15, 0.2) is 42.5 Å². The maximum atomic E-state index is 14.4. The van der Waals surface area contributed by atoms with Gasteiger partial charge in [0.2, 0.25) is 0 Å². The molecule has 2 heterocycles. The van der Waals surface area contributed by atoms with Crippen LogP contribution in [0.4, 0.5) is 13.6 Å². The van der Waals surface area contributed by atoms with Crippen LogP contribution >= 0.6 is 11.8 Å². The first-order valence-corrected chi connectivity index (χ1v) is 10.8. The average molecular weight is 439 g/mol. The highest BCUT2D eigenvalue weighted by Gasteiger charge is 2.39. The lowest BCUT2D eigenvalue weighted by molar-refractivity contribution is -0.0929. The lowest BCUT2D eigenvalue weighted by Gasteiger charge is -2.23. The fourth-order valence-electron chi connectivity index (χ4n) is 3.07. The lowest BCUT2D eigenvalue weighted by Crippen LogP contribution is -2.35. The predicted octanol–water partition coefficient (Wildman–Crippen LogP) is 2.32. The maximum Gasteiger partial charge on any atom is 0.318 e. The van der Waals surface area contributed by atoms with Crippen LogP contribution in [0.2, 0.25) is 0 Å². The Balaban J connectivity index is 1.45. The first-order chi connectivity index (χ1) is 14.5. The SMILES string of the molecule is O=C1NC[C@H](/C=C/C(O)C(F)(F)c2ccccc2)N1CCCCSCc1nnn[nH]1. The smallest absolute Gasteiger partial charge is 0.318 e. The van der Waals surface area contributed by atoms with Crippen molar-refractivity contribution in [3.05, 3.63) is 53.9 Å². The molecule has 1 fully saturated rings. The van der Waals surface area contributed by atoms with Crippen molar-refractivity contribution in [2.75, 3.05) is 18.8 Å². The number of tetrazole rings is 1. The van der Waals surface area contributed by atoms with Gasteiger partial charge in [-0.15, -0.1) is 5.10 Å². The summed E-state index contributed by atoms with van der Waals surface area (Å²) in [6.45, 7) is 0.836. The molecule has 162 valence electrons. The third-order valence-electron chi connectivity index (χ3n) is 4.73. The number of rotatable bonds is 11. The number of H-pyrrole nitrogens is 1. The van der Waals surface area contributed by atoms with Crippen LogP contribution in [0.5, 0.6) is 0 Å². The third-order valence-corrected chi connectivity index (χ3v) is 5.79. The highest BCUT2D eigenvalue weighted by molar-refractivity contribution is 7.98. The Labute approximate surface area is 177 Å². The number of unbranched alkanes of at least 4 members (excludes halogenated alkanes) is 1. The zero-order chi connectivity index (χ0) is 21.4. The Morgan fingerprint density at radius 2 is 2.13 bits per heavy atom. The minimum atomic E-state index is -3.41. The summed E-state index contributed by atoms with van der Waals surface area (Å²) in [7, 11) is 0. The highest BCUT2D eigenvalue weighted by Crippen LogP contribution is 2.32. The molecule has 3 rings (SSSR count). The molecule has 1 aromatic heterocycles. The molecular weight excluding hydrogens is 414 g/mol. The van der Waals surface area contributed by atoms with E-state index in [0.29, 0.717) is 18.8 Å². The van der Waals surface area contributed by atoms with E-state index in [9.17, 15) is 18.7 Å². The minimum Gasteiger partial charge on any atom is -0.382 e. The molecule has 3 N–H and O–H groups in total. The van der Waals surface area contributed by atoms with Crippen molar-refractivity contribution < 1.29 is 18.7 Å². The number of amides is 2. The van der Waals surface area contributed by atoms with Crippen LogP contribution in [-0.2, 0) is 11.7 Å². The summed E-state index contributed by atoms with van der Waals surface area (Å²) in [6, 6.07) is 6.60. The van der Waals surface area contributed by atoms with Crippen LogP contribution in [-0.4, -0.2) is 67.6 Å². The second-order valence-electron chi connectivity index (χ2n) is 6.87. The molecule has 0 aliphatic carbocycles. The number of hydrogen-bond acceptors (Lipinski definition) is 6. The zero-order valence-corrected chi connectivity index (χ0v) is 17.1. The van der Waals surface area contributed by atoms with Crippen LogP contribution in [0.3, 0.4) is 0 Å². The third kappa shape index (κ3) is 5.76. The van der Waals surface area contributed by atoms with Crippen molar-refractivity contribution in [1.29, 1.82) is 0 Å². The molecule has 8 nitrogen and oxygen atoms in total. The van der Waals surface area contributed by atoms with Crippen molar-refractivity contribution in [1.82, 2.24) is 30.8 Å². The Bertz CT molecular complexity index is 822. The molecule has 2 amide bonds. The fourth-order valence-corrected chi connectivity index (χ4v) is 3.94. The van der Waals surface area contributed by atoms with E-state index in [1.54, 1.807) is 22.7 Å². The number of halogens is 2. The van der Waals surface area contributed by atoms with Gasteiger partial charge in [0.15, 0.2) is 5.82 Å². The van der Waals surface area contributed by atoms with Gasteiger partial charge in [0.1, 0.15) is 6.10 Å². The number of nitrogens with zero attached hydrogens (tertiary/aromatic N) is 4. The number of aromatic nitrogens is 4. The topological polar surface area (TPSA) is 107 Å². The van der Waals surface area contributed by atoms with Gasteiger partial charge in [-0.05, 0) is 29.0 Å². The van der Waals surface area contributed by atoms with Crippen LogP contribution < -0.4 is 5.32 Å². The first kappa shape index (κ1) is 22.2. The Morgan fingerprint density at radius 1 is 1.33 bits per heavy atom. The number of carbonyl (C=O) groups excluding carboxylic acids is 1. The minimum absolute atomic E-state index is 0.227. The van der Waals surface area contributed by atoms with Crippen molar-refractivity contribution >= 4 is 17.8 Å². The van der Waals surface area contributed by atoms with Gasteiger partial charge in [0.05, 0.1) is 11.8 Å². The van der Waals surface area contributed by atoms with E-state index >= 15 is 0 Å². The van der Waals surface area contributed by atoms with Gasteiger partial charge in [0.25, 0.3) is 0 Å². The normalized spacial score (nSPS) is 18.2. The summed E-state index contributed by atoms with van der Waals surface area (Å²) < 4.78 is 28.8. The molecule has 1 aromatic carbocycles. The number of aliphatic hydroxyl groups is 1. The van der Waals surface area contributed by atoms with E-state index < -0.39 is 12.0 Å². The van der Waals surface area contributed by atoms with Gasteiger partial charge < -0.3 is 15.3 Å². The van der Waals surface area contributed by atoms with Gasteiger partial charge in [-0.3, -0.25) is 0 Å².